The summed E-state index contributed by atoms with van der Waals surface area (Å²) in [6.45, 7) is 3.13. The standard InChI is InChI=1S/C11H15N3O/c1-11(7-13-10(15)14-11)9-4-2-3-8(5-9)6-12/h2-5H,6-7,12H2,1H3,(H2,13,14,15). The summed E-state index contributed by atoms with van der Waals surface area (Å²) < 4.78 is 0. The summed E-state index contributed by atoms with van der Waals surface area (Å²) in [7, 11) is 0. The quantitative estimate of drug-likeness (QED) is 0.664. The number of benzene rings is 1. The molecular formula is C11H15N3O. The van der Waals surface area contributed by atoms with Crippen molar-refractivity contribution in [2.24, 2.45) is 5.73 Å². The monoisotopic (exact) mass is 205 g/mol. The van der Waals surface area contributed by atoms with Crippen LogP contribution >= 0.6 is 0 Å². The molecule has 1 aromatic carbocycles. The van der Waals surface area contributed by atoms with Gasteiger partial charge in [0, 0.05) is 13.1 Å². The molecule has 1 atom stereocenters. The van der Waals surface area contributed by atoms with Gasteiger partial charge in [-0.1, -0.05) is 24.3 Å². The lowest BCUT2D eigenvalue weighted by Crippen LogP contribution is -2.37. The molecule has 0 aromatic heterocycles. The zero-order valence-corrected chi connectivity index (χ0v) is 8.71. The Labute approximate surface area is 88.9 Å². The van der Waals surface area contributed by atoms with Gasteiger partial charge in [-0.3, -0.25) is 0 Å². The van der Waals surface area contributed by atoms with Gasteiger partial charge in [-0.25, -0.2) is 4.79 Å². The van der Waals surface area contributed by atoms with E-state index in [1.807, 2.05) is 31.2 Å². The maximum absolute atomic E-state index is 11.1. The number of carbonyl (C=O) groups excluding carboxylic acids is 1. The van der Waals surface area contributed by atoms with Crippen molar-refractivity contribution in [2.45, 2.75) is 19.0 Å². The molecule has 1 aliphatic rings. The van der Waals surface area contributed by atoms with Crippen molar-refractivity contribution in [2.75, 3.05) is 6.54 Å². The number of rotatable bonds is 2. The molecule has 1 heterocycles. The van der Waals surface area contributed by atoms with E-state index in [0.717, 1.165) is 11.1 Å². The van der Waals surface area contributed by atoms with Crippen LogP contribution in [0.15, 0.2) is 24.3 Å². The smallest absolute Gasteiger partial charge is 0.315 e. The molecule has 0 radical (unpaired) electrons. The molecule has 1 fully saturated rings. The number of urea groups is 1. The molecule has 4 heteroatoms. The zero-order chi connectivity index (χ0) is 10.9. The van der Waals surface area contributed by atoms with E-state index in [0.29, 0.717) is 13.1 Å². The van der Waals surface area contributed by atoms with Gasteiger partial charge < -0.3 is 16.4 Å². The minimum Gasteiger partial charge on any atom is -0.335 e. The second kappa shape index (κ2) is 3.55. The van der Waals surface area contributed by atoms with Crippen LogP contribution in [0.4, 0.5) is 4.79 Å². The largest absolute Gasteiger partial charge is 0.335 e. The number of amides is 2. The SMILES string of the molecule is CC1(c2cccc(CN)c2)CNC(=O)N1. The van der Waals surface area contributed by atoms with E-state index in [1.54, 1.807) is 0 Å². The van der Waals surface area contributed by atoms with E-state index in [9.17, 15) is 4.79 Å². The summed E-state index contributed by atoms with van der Waals surface area (Å²) in [5, 5.41) is 5.67. The number of hydrogen-bond donors (Lipinski definition) is 3. The van der Waals surface area contributed by atoms with Crippen molar-refractivity contribution in [3.05, 3.63) is 35.4 Å². The van der Waals surface area contributed by atoms with Gasteiger partial charge >= 0.3 is 6.03 Å². The number of carbonyl (C=O) groups is 1. The third kappa shape index (κ3) is 1.80. The first-order valence-electron chi connectivity index (χ1n) is 4.99. The van der Waals surface area contributed by atoms with Gasteiger partial charge in [0.1, 0.15) is 0 Å². The second-order valence-corrected chi connectivity index (χ2v) is 4.04. The highest BCUT2D eigenvalue weighted by molar-refractivity contribution is 5.77. The molecule has 4 N–H and O–H groups in total. The van der Waals surface area contributed by atoms with Gasteiger partial charge in [0.15, 0.2) is 0 Å². The highest BCUT2D eigenvalue weighted by Crippen LogP contribution is 2.23. The van der Waals surface area contributed by atoms with E-state index in [1.165, 1.54) is 0 Å². The summed E-state index contributed by atoms with van der Waals surface area (Å²) in [5.74, 6) is 0. The van der Waals surface area contributed by atoms with Crippen molar-refractivity contribution in [1.82, 2.24) is 10.6 Å². The van der Waals surface area contributed by atoms with E-state index in [4.69, 9.17) is 5.73 Å². The molecule has 80 valence electrons. The Balaban J connectivity index is 2.32. The Bertz CT molecular complexity index is 391. The normalized spacial score (nSPS) is 24.8. The first-order chi connectivity index (χ1) is 7.14. The third-order valence-corrected chi connectivity index (χ3v) is 2.79. The molecule has 4 nitrogen and oxygen atoms in total. The fraction of sp³-hybridized carbons (Fsp3) is 0.364. The van der Waals surface area contributed by atoms with Crippen LogP contribution in [0.25, 0.3) is 0 Å². The summed E-state index contributed by atoms with van der Waals surface area (Å²) >= 11 is 0. The van der Waals surface area contributed by atoms with Gasteiger partial charge in [0.05, 0.1) is 5.54 Å². The average molecular weight is 205 g/mol. The Kier molecular flexibility index (Phi) is 2.36. The summed E-state index contributed by atoms with van der Waals surface area (Å²) in [6.07, 6.45) is 0. The first-order valence-corrected chi connectivity index (χ1v) is 4.99. The fourth-order valence-corrected chi connectivity index (χ4v) is 1.81. The highest BCUT2D eigenvalue weighted by Gasteiger charge is 2.34. The van der Waals surface area contributed by atoms with Crippen LogP contribution in [0.5, 0.6) is 0 Å². The van der Waals surface area contributed by atoms with Crippen LogP contribution in [0, 0.1) is 0 Å². The molecular weight excluding hydrogens is 190 g/mol. The molecule has 15 heavy (non-hydrogen) atoms. The maximum Gasteiger partial charge on any atom is 0.315 e. The van der Waals surface area contributed by atoms with Gasteiger partial charge in [-0.2, -0.15) is 0 Å². The lowest BCUT2D eigenvalue weighted by atomic mass is 9.92. The van der Waals surface area contributed by atoms with Gasteiger partial charge in [0.2, 0.25) is 0 Å². The molecule has 1 unspecified atom stereocenters. The van der Waals surface area contributed by atoms with Crippen LogP contribution in [-0.2, 0) is 12.1 Å². The van der Waals surface area contributed by atoms with Crippen molar-refractivity contribution in [1.29, 1.82) is 0 Å². The van der Waals surface area contributed by atoms with Crippen LogP contribution in [-0.4, -0.2) is 12.6 Å². The number of nitrogens with two attached hydrogens (primary N) is 1. The third-order valence-electron chi connectivity index (χ3n) is 2.79. The molecule has 0 saturated carbocycles. The van der Waals surface area contributed by atoms with Crippen LogP contribution in [0.3, 0.4) is 0 Å². The lowest BCUT2D eigenvalue weighted by molar-refractivity contribution is 0.245. The lowest BCUT2D eigenvalue weighted by Gasteiger charge is -2.23. The Morgan fingerprint density at radius 2 is 2.33 bits per heavy atom. The van der Waals surface area contributed by atoms with E-state index in [2.05, 4.69) is 10.6 Å². The second-order valence-electron chi connectivity index (χ2n) is 4.04. The van der Waals surface area contributed by atoms with Gasteiger partial charge in [-0.15, -0.1) is 0 Å². The van der Waals surface area contributed by atoms with Gasteiger partial charge in [-0.05, 0) is 18.1 Å². The molecule has 1 aliphatic heterocycles. The minimum atomic E-state index is -0.317. The number of hydrogen-bond acceptors (Lipinski definition) is 2. The average Bonchev–Trinajstić information content (AvgIpc) is 2.60. The summed E-state index contributed by atoms with van der Waals surface area (Å²) in [4.78, 5) is 11.1. The Morgan fingerprint density at radius 1 is 1.53 bits per heavy atom. The van der Waals surface area contributed by atoms with Crippen LogP contribution in [0.1, 0.15) is 18.1 Å². The predicted octanol–water partition coefficient (Wildman–Crippen LogP) is 0.673. The summed E-state index contributed by atoms with van der Waals surface area (Å²) in [6, 6.07) is 7.87. The van der Waals surface area contributed by atoms with E-state index in [-0.39, 0.29) is 11.6 Å². The topological polar surface area (TPSA) is 67.1 Å². The molecule has 1 aromatic rings. The van der Waals surface area contributed by atoms with Crippen molar-refractivity contribution in [3.63, 3.8) is 0 Å². The molecule has 2 rings (SSSR count). The van der Waals surface area contributed by atoms with Gasteiger partial charge in [0.25, 0.3) is 0 Å². The van der Waals surface area contributed by atoms with Crippen molar-refractivity contribution < 1.29 is 4.79 Å². The molecule has 0 bridgehead atoms. The fourth-order valence-electron chi connectivity index (χ4n) is 1.81. The number of nitrogens with one attached hydrogen (secondary N) is 2. The predicted molar refractivity (Wildman–Crippen MR) is 58.2 cm³/mol. The molecule has 2 amide bonds. The van der Waals surface area contributed by atoms with E-state index >= 15 is 0 Å². The minimum absolute atomic E-state index is 0.115. The highest BCUT2D eigenvalue weighted by atomic mass is 16.2. The van der Waals surface area contributed by atoms with Crippen molar-refractivity contribution >= 4 is 6.03 Å². The Hall–Kier alpha value is -1.55. The molecule has 0 aliphatic carbocycles. The van der Waals surface area contributed by atoms with Crippen molar-refractivity contribution in [3.8, 4) is 0 Å². The zero-order valence-electron chi connectivity index (χ0n) is 8.71. The van der Waals surface area contributed by atoms with E-state index < -0.39 is 0 Å². The maximum atomic E-state index is 11.1. The molecule has 0 spiro atoms. The molecule has 1 saturated heterocycles. The van der Waals surface area contributed by atoms with Crippen LogP contribution < -0.4 is 16.4 Å². The first kappa shape index (κ1) is 9.98. The Morgan fingerprint density at radius 3 is 2.93 bits per heavy atom. The van der Waals surface area contributed by atoms with Crippen LogP contribution in [0.2, 0.25) is 0 Å². The summed E-state index contributed by atoms with van der Waals surface area (Å²) in [5.41, 5.74) is 7.43.